The van der Waals surface area contributed by atoms with Crippen molar-refractivity contribution in [3.8, 4) is 5.75 Å². The van der Waals surface area contributed by atoms with E-state index in [0.717, 1.165) is 35.7 Å². The molecule has 0 radical (unpaired) electrons. The molecule has 2 N–H and O–H groups in total. The number of thioether (sulfide) groups is 1. The maximum Gasteiger partial charge on any atom is 0.315 e. The van der Waals surface area contributed by atoms with Gasteiger partial charge in [-0.2, -0.15) is 11.8 Å². The predicted molar refractivity (Wildman–Crippen MR) is 83.6 cm³/mol. The lowest BCUT2D eigenvalue weighted by Crippen LogP contribution is -2.46. The summed E-state index contributed by atoms with van der Waals surface area (Å²) in [5.41, 5.74) is 1.16. The first-order valence-electron chi connectivity index (χ1n) is 6.95. The number of hydrogen-bond acceptors (Lipinski definition) is 3. The lowest BCUT2D eigenvalue weighted by molar-refractivity contribution is 0.235. The van der Waals surface area contributed by atoms with Gasteiger partial charge in [0.05, 0.1) is 7.11 Å². The summed E-state index contributed by atoms with van der Waals surface area (Å²) in [5.74, 6) is 3.02. The molecule has 0 aromatic heterocycles. The van der Waals surface area contributed by atoms with Crippen molar-refractivity contribution in [3.05, 3.63) is 29.8 Å². The smallest absolute Gasteiger partial charge is 0.315 e. The Balaban J connectivity index is 1.78. The second-order valence-electron chi connectivity index (χ2n) is 5.14. The molecule has 1 aliphatic heterocycles. The SMILES string of the molecule is COc1cccc(C[C@@H](C)NC(=O)N[C@@H]2CCSC2)c1. The number of urea groups is 1. The molecule has 1 saturated heterocycles. The Morgan fingerprint density at radius 2 is 2.40 bits per heavy atom. The molecule has 1 fully saturated rings. The Kier molecular flexibility index (Phi) is 5.59. The molecule has 0 unspecified atom stereocenters. The first-order valence-corrected chi connectivity index (χ1v) is 8.10. The van der Waals surface area contributed by atoms with Crippen LogP contribution >= 0.6 is 11.8 Å². The van der Waals surface area contributed by atoms with Gasteiger partial charge in [0, 0.05) is 17.8 Å². The number of nitrogens with one attached hydrogen (secondary N) is 2. The number of carbonyl (C=O) groups is 1. The minimum Gasteiger partial charge on any atom is -0.497 e. The fourth-order valence-corrected chi connectivity index (χ4v) is 3.46. The summed E-state index contributed by atoms with van der Waals surface area (Å²) in [4.78, 5) is 11.9. The highest BCUT2D eigenvalue weighted by Crippen LogP contribution is 2.17. The van der Waals surface area contributed by atoms with Gasteiger partial charge in [-0.1, -0.05) is 12.1 Å². The zero-order valence-electron chi connectivity index (χ0n) is 12.0. The molecule has 4 nitrogen and oxygen atoms in total. The van der Waals surface area contributed by atoms with E-state index < -0.39 is 0 Å². The Morgan fingerprint density at radius 1 is 1.55 bits per heavy atom. The summed E-state index contributed by atoms with van der Waals surface area (Å²) in [5, 5.41) is 6.02. The zero-order valence-corrected chi connectivity index (χ0v) is 12.8. The summed E-state index contributed by atoms with van der Waals surface area (Å²) in [6.45, 7) is 2.02. The molecule has 20 heavy (non-hydrogen) atoms. The van der Waals surface area contributed by atoms with Gasteiger partial charge >= 0.3 is 6.03 Å². The molecule has 1 aliphatic rings. The van der Waals surface area contributed by atoms with Gasteiger partial charge in [0.15, 0.2) is 0 Å². The molecule has 110 valence electrons. The number of hydrogen-bond donors (Lipinski definition) is 2. The fourth-order valence-electron chi connectivity index (χ4n) is 2.30. The highest BCUT2D eigenvalue weighted by Gasteiger charge is 2.18. The van der Waals surface area contributed by atoms with Crippen LogP contribution in [0.25, 0.3) is 0 Å². The average molecular weight is 294 g/mol. The van der Waals surface area contributed by atoms with Gasteiger partial charge < -0.3 is 15.4 Å². The van der Waals surface area contributed by atoms with Gasteiger partial charge in [0.1, 0.15) is 5.75 Å². The minimum absolute atomic E-state index is 0.0621. The monoisotopic (exact) mass is 294 g/mol. The van der Waals surface area contributed by atoms with E-state index in [1.165, 1.54) is 0 Å². The highest BCUT2D eigenvalue weighted by molar-refractivity contribution is 7.99. The van der Waals surface area contributed by atoms with E-state index in [4.69, 9.17) is 4.74 Å². The quantitative estimate of drug-likeness (QED) is 0.877. The van der Waals surface area contributed by atoms with Crippen LogP contribution in [0.4, 0.5) is 4.79 Å². The molecule has 1 aromatic carbocycles. The molecule has 5 heteroatoms. The van der Waals surface area contributed by atoms with Crippen molar-refractivity contribution in [2.75, 3.05) is 18.6 Å². The van der Waals surface area contributed by atoms with Crippen molar-refractivity contribution in [3.63, 3.8) is 0 Å². The van der Waals surface area contributed by atoms with Gasteiger partial charge in [-0.3, -0.25) is 0 Å². The number of carbonyl (C=O) groups excluding carboxylic acids is 1. The third-order valence-electron chi connectivity index (χ3n) is 3.32. The predicted octanol–water partition coefficient (Wildman–Crippen LogP) is 2.43. The van der Waals surface area contributed by atoms with Crippen LogP contribution in [0.5, 0.6) is 5.75 Å². The van der Waals surface area contributed by atoms with Crippen LogP contribution in [-0.4, -0.2) is 36.7 Å². The Labute approximate surface area is 124 Å². The van der Waals surface area contributed by atoms with Crippen LogP contribution in [0, 0.1) is 0 Å². The number of rotatable bonds is 5. The standard InChI is InChI=1S/C15H22N2O2S/c1-11(8-12-4-3-5-14(9-12)19-2)16-15(18)17-13-6-7-20-10-13/h3-5,9,11,13H,6-8,10H2,1-2H3,(H2,16,17,18)/t11-,13-/m1/s1. The van der Waals surface area contributed by atoms with Crippen molar-refractivity contribution < 1.29 is 9.53 Å². The molecule has 2 amide bonds. The van der Waals surface area contributed by atoms with E-state index in [2.05, 4.69) is 10.6 Å². The molecule has 0 spiro atoms. The van der Waals surface area contributed by atoms with Crippen molar-refractivity contribution >= 4 is 17.8 Å². The zero-order chi connectivity index (χ0) is 14.4. The summed E-state index contributed by atoms with van der Waals surface area (Å²) in [6, 6.07) is 8.30. The van der Waals surface area contributed by atoms with E-state index >= 15 is 0 Å². The van der Waals surface area contributed by atoms with Crippen LogP contribution in [0.15, 0.2) is 24.3 Å². The van der Waals surface area contributed by atoms with Crippen LogP contribution < -0.4 is 15.4 Å². The van der Waals surface area contributed by atoms with E-state index in [-0.39, 0.29) is 12.1 Å². The number of amides is 2. The molecule has 1 aromatic rings. The second-order valence-corrected chi connectivity index (χ2v) is 6.28. The summed E-state index contributed by atoms with van der Waals surface area (Å²) >= 11 is 1.89. The Morgan fingerprint density at radius 3 is 3.10 bits per heavy atom. The molecular formula is C15H22N2O2S. The summed E-state index contributed by atoms with van der Waals surface area (Å²) in [6.07, 6.45) is 1.87. The normalized spacial score (nSPS) is 19.4. The molecule has 1 heterocycles. The number of benzene rings is 1. The molecule has 0 aliphatic carbocycles. The van der Waals surface area contributed by atoms with Gasteiger partial charge in [-0.25, -0.2) is 4.79 Å². The van der Waals surface area contributed by atoms with Gasteiger partial charge in [-0.15, -0.1) is 0 Å². The molecule has 0 saturated carbocycles. The van der Waals surface area contributed by atoms with Crippen LogP contribution in [0.1, 0.15) is 18.9 Å². The number of methoxy groups -OCH3 is 1. The van der Waals surface area contributed by atoms with E-state index in [0.29, 0.717) is 6.04 Å². The Hall–Kier alpha value is -1.36. The van der Waals surface area contributed by atoms with E-state index in [1.54, 1.807) is 7.11 Å². The largest absolute Gasteiger partial charge is 0.497 e. The van der Waals surface area contributed by atoms with Crippen LogP contribution in [-0.2, 0) is 6.42 Å². The maximum atomic E-state index is 11.9. The lowest BCUT2D eigenvalue weighted by atomic mass is 10.1. The van der Waals surface area contributed by atoms with Gasteiger partial charge in [-0.05, 0) is 43.2 Å². The van der Waals surface area contributed by atoms with E-state index in [1.807, 2.05) is 43.0 Å². The van der Waals surface area contributed by atoms with Crippen LogP contribution in [0.2, 0.25) is 0 Å². The van der Waals surface area contributed by atoms with Crippen molar-refractivity contribution in [1.29, 1.82) is 0 Å². The number of ether oxygens (including phenoxy) is 1. The van der Waals surface area contributed by atoms with Gasteiger partial charge in [0.2, 0.25) is 0 Å². The van der Waals surface area contributed by atoms with Crippen molar-refractivity contribution in [1.82, 2.24) is 10.6 Å². The van der Waals surface area contributed by atoms with Gasteiger partial charge in [0.25, 0.3) is 0 Å². The average Bonchev–Trinajstić information content (AvgIpc) is 2.91. The van der Waals surface area contributed by atoms with Crippen molar-refractivity contribution in [2.45, 2.75) is 31.8 Å². The lowest BCUT2D eigenvalue weighted by Gasteiger charge is -2.17. The van der Waals surface area contributed by atoms with E-state index in [9.17, 15) is 4.79 Å². The summed E-state index contributed by atoms with van der Waals surface area (Å²) in [7, 11) is 1.66. The van der Waals surface area contributed by atoms with Crippen molar-refractivity contribution in [2.24, 2.45) is 0 Å². The van der Waals surface area contributed by atoms with Crippen LogP contribution in [0.3, 0.4) is 0 Å². The summed E-state index contributed by atoms with van der Waals surface area (Å²) < 4.78 is 5.20. The molecule has 2 atom stereocenters. The third kappa shape index (κ3) is 4.63. The second kappa shape index (κ2) is 7.43. The molecule has 0 bridgehead atoms. The molecular weight excluding hydrogens is 272 g/mol. The molecule has 2 rings (SSSR count). The maximum absolute atomic E-state index is 11.9. The minimum atomic E-state index is -0.0621. The first kappa shape index (κ1) is 15.0. The third-order valence-corrected chi connectivity index (χ3v) is 4.48. The Bertz CT molecular complexity index is 447. The fraction of sp³-hybridized carbons (Fsp3) is 0.533. The topological polar surface area (TPSA) is 50.4 Å². The first-order chi connectivity index (χ1) is 9.67. The highest BCUT2D eigenvalue weighted by atomic mass is 32.2.